The Morgan fingerprint density at radius 3 is 2.82 bits per heavy atom. The maximum atomic E-state index is 12.2. The maximum Gasteiger partial charge on any atom is 0.337 e. The number of fused-ring (bicyclic) bond motifs is 1. The van der Waals surface area contributed by atoms with Gasteiger partial charge in [-0.15, -0.1) is 0 Å². The highest BCUT2D eigenvalue weighted by Gasteiger charge is 2.17. The Balaban J connectivity index is 1.96. The number of aryl methyl sites for hydroxylation is 1. The third-order valence-corrected chi connectivity index (χ3v) is 4.49. The van der Waals surface area contributed by atoms with E-state index in [1.165, 1.54) is 35.4 Å². The molecule has 0 radical (unpaired) electrons. The summed E-state index contributed by atoms with van der Waals surface area (Å²) >= 11 is 0. The van der Waals surface area contributed by atoms with Crippen molar-refractivity contribution in [3.8, 4) is 0 Å². The number of carboxylic acid groups (broad SMARTS) is 1. The highest BCUT2D eigenvalue weighted by molar-refractivity contribution is 7.92. The zero-order valence-corrected chi connectivity index (χ0v) is 12.3. The zero-order valence-electron chi connectivity index (χ0n) is 11.4. The van der Waals surface area contributed by atoms with Crippen LogP contribution in [0.1, 0.15) is 10.4 Å². The molecule has 0 fully saturated rings. The van der Waals surface area contributed by atoms with Crippen molar-refractivity contribution in [2.75, 3.05) is 4.72 Å². The molecule has 114 valence electrons. The van der Waals surface area contributed by atoms with E-state index in [4.69, 9.17) is 5.11 Å². The number of nitrogens with zero attached hydrogens (tertiary/aromatic N) is 2. The van der Waals surface area contributed by atoms with Crippen LogP contribution in [0.5, 0.6) is 0 Å². The molecule has 3 rings (SSSR count). The number of carbonyl (C=O) groups is 1. The van der Waals surface area contributed by atoms with Gasteiger partial charge < -0.3 is 10.1 Å². The number of rotatable bonds is 4. The molecular formula is C13H12N4O4S. The standard InChI is InChI=1S/C13H12N4O4S/c1-17-7-9(5-15-17)22(20,21)16-8-2-3-10-11(13(18)19)6-14-12(10)4-8/h2-7,14,16H,1H3,(H,18,19). The number of aromatic carboxylic acids is 1. The summed E-state index contributed by atoms with van der Waals surface area (Å²) in [5.74, 6) is -1.05. The van der Waals surface area contributed by atoms with Gasteiger partial charge in [0.15, 0.2) is 0 Å². The molecule has 0 saturated heterocycles. The van der Waals surface area contributed by atoms with Gasteiger partial charge in [0.1, 0.15) is 4.90 Å². The van der Waals surface area contributed by atoms with Crippen LogP contribution in [0.2, 0.25) is 0 Å². The average molecular weight is 320 g/mol. The van der Waals surface area contributed by atoms with Gasteiger partial charge >= 0.3 is 5.97 Å². The minimum Gasteiger partial charge on any atom is -0.478 e. The Hall–Kier alpha value is -2.81. The molecule has 22 heavy (non-hydrogen) atoms. The lowest BCUT2D eigenvalue weighted by molar-refractivity contribution is 0.0699. The van der Waals surface area contributed by atoms with Crippen LogP contribution in [0, 0.1) is 0 Å². The second-order valence-corrected chi connectivity index (χ2v) is 6.41. The average Bonchev–Trinajstić information content (AvgIpc) is 3.04. The quantitative estimate of drug-likeness (QED) is 0.671. The molecule has 0 amide bonds. The number of hydrogen-bond acceptors (Lipinski definition) is 4. The summed E-state index contributed by atoms with van der Waals surface area (Å²) in [4.78, 5) is 13.9. The number of sulfonamides is 1. The van der Waals surface area contributed by atoms with Crippen LogP contribution in [0.3, 0.4) is 0 Å². The van der Waals surface area contributed by atoms with Gasteiger partial charge in [-0.3, -0.25) is 9.40 Å². The normalized spacial score (nSPS) is 11.7. The van der Waals surface area contributed by atoms with Crippen LogP contribution in [0.4, 0.5) is 5.69 Å². The molecule has 9 heteroatoms. The van der Waals surface area contributed by atoms with Crippen LogP contribution < -0.4 is 4.72 Å². The molecule has 0 unspecified atom stereocenters. The van der Waals surface area contributed by atoms with Gasteiger partial charge in [-0.2, -0.15) is 5.10 Å². The minimum absolute atomic E-state index is 0.0489. The number of aromatic nitrogens is 3. The first-order valence-electron chi connectivity index (χ1n) is 6.23. The van der Waals surface area contributed by atoms with E-state index in [1.54, 1.807) is 13.1 Å². The van der Waals surface area contributed by atoms with Gasteiger partial charge in [0.25, 0.3) is 10.0 Å². The molecule has 0 aliphatic heterocycles. The van der Waals surface area contributed by atoms with Gasteiger partial charge in [-0.05, 0) is 18.2 Å². The van der Waals surface area contributed by atoms with Crippen LogP contribution in [-0.4, -0.2) is 34.3 Å². The fourth-order valence-electron chi connectivity index (χ4n) is 2.12. The molecule has 0 atom stereocenters. The van der Waals surface area contributed by atoms with Gasteiger partial charge in [0.2, 0.25) is 0 Å². The van der Waals surface area contributed by atoms with E-state index in [9.17, 15) is 13.2 Å². The Bertz CT molecular complexity index is 971. The van der Waals surface area contributed by atoms with Crippen LogP contribution >= 0.6 is 0 Å². The summed E-state index contributed by atoms with van der Waals surface area (Å²) in [6, 6.07) is 4.60. The monoisotopic (exact) mass is 320 g/mol. The number of benzene rings is 1. The summed E-state index contributed by atoms with van der Waals surface area (Å²) in [7, 11) is -2.11. The molecule has 2 heterocycles. The predicted octanol–water partition coefficient (Wildman–Crippen LogP) is 1.40. The first kappa shape index (κ1) is 14.1. The van der Waals surface area contributed by atoms with E-state index in [0.717, 1.165) is 0 Å². The molecular weight excluding hydrogens is 308 g/mol. The SMILES string of the molecule is Cn1cc(S(=O)(=O)Nc2ccc3c(C(=O)O)c[nH]c3c2)cn1. The van der Waals surface area contributed by atoms with Crippen LogP contribution in [0.25, 0.3) is 10.9 Å². The Kier molecular flexibility index (Phi) is 3.14. The Morgan fingerprint density at radius 1 is 1.41 bits per heavy atom. The molecule has 3 aromatic rings. The summed E-state index contributed by atoms with van der Waals surface area (Å²) in [5.41, 5.74) is 0.996. The number of aromatic amines is 1. The first-order valence-corrected chi connectivity index (χ1v) is 7.71. The molecule has 0 aliphatic rings. The molecule has 8 nitrogen and oxygen atoms in total. The highest BCUT2D eigenvalue weighted by Crippen LogP contribution is 2.23. The zero-order chi connectivity index (χ0) is 15.9. The predicted molar refractivity (Wildman–Crippen MR) is 79.3 cm³/mol. The van der Waals surface area contributed by atoms with Gasteiger partial charge in [0.05, 0.1) is 17.4 Å². The minimum atomic E-state index is -3.73. The molecule has 3 N–H and O–H groups in total. The van der Waals surface area contributed by atoms with Crippen molar-refractivity contribution in [1.82, 2.24) is 14.8 Å². The lowest BCUT2D eigenvalue weighted by atomic mass is 10.1. The molecule has 2 aromatic heterocycles. The largest absolute Gasteiger partial charge is 0.478 e. The molecule has 0 spiro atoms. The third-order valence-electron chi connectivity index (χ3n) is 3.16. The van der Waals surface area contributed by atoms with E-state index >= 15 is 0 Å². The lowest BCUT2D eigenvalue weighted by Crippen LogP contribution is -2.12. The molecule has 0 saturated carbocycles. The summed E-state index contributed by atoms with van der Waals surface area (Å²) in [5, 5.41) is 13.4. The van der Waals surface area contributed by atoms with Crippen molar-refractivity contribution in [2.24, 2.45) is 7.05 Å². The van der Waals surface area contributed by atoms with E-state index < -0.39 is 16.0 Å². The number of H-pyrrole nitrogens is 1. The number of hydrogen-bond donors (Lipinski definition) is 3. The topological polar surface area (TPSA) is 117 Å². The van der Waals surface area contributed by atoms with Crippen molar-refractivity contribution in [3.63, 3.8) is 0 Å². The summed E-state index contributed by atoms with van der Waals surface area (Å²) < 4.78 is 28.2. The highest BCUT2D eigenvalue weighted by atomic mass is 32.2. The molecule has 1 aromatic carbocycles. The number of anilines is 1. The van der Waals surface area contributed by atoms with E-state index in [1.807, 2.05) is 0 Å². The van der Waals surface area contributed by atoms with Gasteiger partial charge in [-0.25, -0.2) is 13.2 Å². The Labute approximate surface area is 125 Å². The van der Waals surface area contributed by atoms with E-state index in [0.29, 0.717) is 16.6 Å². The lowest BCUT2D eigenvalue weighted by Gasteiger charge is -2.06. The summed E-state index contributed by atoms with van der Waals surface area (Å²) in [6.07, 6.45) is 4.00. The Morgan fingerprint density at radius 2 is 2.18 bits per heavy atom. The van der Waals surface area contributed by atoms with E-state index in [-0.39, 0.29) is 10.5 Å². The maximum absolute atomic E-state index is 12.2. The second-order valence-electron chi connectivity index (χ2n) is 4.72. The van der Waals surface area contributed by atoms with Crippen LogP contribution in [0.15, 0.2) is 41.7 Å². The fourth-order valence-corrected chi connectivity index (χ4v) is 3.15. The first-order chi connectivity index (χ1) is 10.4. The molecule has 0 aliphatic carbocycles. The third kappa shape index (κ3) is 2.42. The van der Waals surface area contributed by atoms with Crippen molar-refractivity contribution in [1.29, 1.82) is 0 Å². The van der Waals surface area contributed by atoms with Crippen LogP contribution in [-0.2, 0) is 17.1 Å². The van der Waals surface area contributed by atoms with Crippen molar-refractivity contribution < 1.29 is 18.3 Å². The number of carboxylic acids is 1. The van der Waals surface area contributed by atoms with Crippen molar-refractivity contribution in [3.05, 3.63) is 42.4 Å². The second kappa shape index (κ2) is 4.88. The van der Waals surface area contributed by atoms with Crippen molar-refractivity contribution in [2.45, 2.75) is 4.90 Å². The smallest absolute Gasteiger partial charge is 0.337 e. The van der Waals surface area contributed by atoms with E-state index in [2.05, 4.69) is 14.8 Å². The molecule has 0 bridgehead atoms. The number of nitrogens with one attached hydrogen (secondary N) is 2. The fraction of sp³-hybridized carbons (Fsp3) is 0.0769. The summed E-state index contributed by atoms with van der Waals surface area (Å²) in [6.45, 7) is 0. The van der Waals surface area contributed by atoms with Gasteiger partial charge in [-0.1, -0.05) is 0 Å². The van der Waals surface area contributed by atoms with Crippen molar-refractivity contribution >= 4 is 32.6 Å². The van der Waals surface area contributed by atoms with Gasteiger partial charge in [0, 0.05) is 30.3 Å².